The highest BCUT2D eigenvalue weighted by atomic mass is 16.5. The molecule has 204 valence electrons. The van der Waals surface area contributed by atoms with Gasteiger partial charge in [0.05, 0.1) is 18.7 Å². The third-order valence-corrected chi connectivity index (χ3v) is 5.89. The van der Waals surface area contributed by atoms with Gasteiger partial charge < -0.3 is 29.8 Å². The van der Waals surface area contributed by atoms with Crippen molar-refractivity contribution in [1.82, 2.24) is 20.2 Å². The molecule has 2 heterocycles. The normalized spacial score (nSPS) is 11.0. The quantitative estimate of drug-likeness (QED) is 0.250. The van der Waals surface area contributed by atoms with Crippen LogP contribution in [0.2, 0.25) is 0 Å². The van der Waals surface area contributed by atoms with Gasteiger partial charge in [-0.1, -0.05) is 12.1 Å². The Hall–Kier alpha value is -4.48. The maximum Gasteiger partial charge on any atom is 0.255 e. The lowest BCUT2D eigenvalue weighted by Gasteiger charge is -2.16. The van der Waals surface area contributed by atoms with Gasteiger partial charge in [0.15, 0.2) is 0 Å². The maximum absolute atomic E-state index is 12.3. The zero-order valence-electron chi connectivity index (χ0n) is 22.4. The summed E-state index contributed by atoms with van der Waals surface area (Å²) in [6.45, 7) is 3.50. The Morgan fingerprint density at radius 1 is 1.10 bits per heavy atom. The minimum absolute atomic E-state index is 0.120. The highest BCUT2D eigenvalue weighted by Crippen LogP contribution is 2.27. The summed E-state index contributed by atoms with van der Waals surface area (Å²) >= 11 is 0. The Bertz CT molecular complexity index is 1450. The predicted molar refractivity (Wildman–Crippen MR) is 148 cm³/mol. The Labute approximate surface area is 226 Å². The van der Waals surface area contributed by atoms with E-state index in [9.17, 15) is 9.59 Å². The third kappa shape index (κ3) is 7.30. The first-order valence-corrected chi connectivity index (χ1v) is 12.4. The number of carbonyl (C=O) groups is 2. The molecule has 0 bridgehead atoms. The number of rotatable bonds is 12. The molecule has 4 rings (SSSR count). The first-order chi connectivity index (χ1) is 18.9. The van der Waals surface area contributed by atoms with Crippen LogP contribution in [0.25, 0.3) is 11.0 Å². The Morgan fingerprint density at radius 3 is 2.72 bits per heavy atom. The average molecular weight is 533 g/mol. The largest absolute Gasteiger partial charge is 0.473 e. The number of amides is 2. The molecule has 39 heavy (non-hydrogen) atoms. The van der Waals surface area contributed by atoms with Crippen LogP contribution in [-0.2, 0) is 16.1 Å². The van der Waals surface area contributed by atoms with E-state index in [2.05, 4.69) is 25.9 Å². The van der Waals surface area contributed by atoms with E-state index in [4.69, 9.17) is 13.9 Å². The minimum atomic E-state index is -0.185. The molecule has 0 fully saturated rings. The van der Waals surface area contributed by atoms with Crippen LogP contribution in [-0.4, -0.2) is 67.6 Å². The molecule has 11 heteroatoms. The van der Waals surface area contributed by atoms with Crippen molar-refractivity contribution in [2.75, 3.05) is 51.5 Å². The molecule has 3 N–H and O–H groups in total. The molecule has 4 aromatic rings. The number of furan rings is 1. The zero-order valence-corrected chi connectivity index (χ0v) is 22.4. The summed E-state index contributed by atoms with van der Waals surface area (Å²) in [6, 6.07) is 14.6. The van der Waals surface area contributed by atoms with Gasteiger partial charge in [-0.05, 0) is 49.9 Å². The van der Waals surface area contributed by atoms with Crippen LogP contribution in [0.5, 0.6) is 5.88 Å². The van der Waals surface area contributed by atoms with Gasteiger partial charge >= 0.3 is 0 Å². The molecule has 0 saturated heterocycles. The number of likely N-dealkylation sites (N-methyl/N-ethyl adjacent to an activating group) is 1. The molecule has 0 aliphatic rings. The number of anilines is 3. The van der Waals surface area contributed by atoms with E-state index in [1.807, 2.05) is 48.3 Å². The number of benzene rings is 2. The second-order valence-electron chi connectivity index (χ2n) is 8.93. The zero-order chi connectivity index (χ0) is 27.8. The van der Waals surface area contributed by atoms with Crippen molar-refractivity contribution < 1.29 is 23.5 Å². The SMILES string of the molecule is CNC(=O)c1c(C)oc2cc(COc3ccnc(Nc4cccc(NC(=O)CN(C)CCOC)c4)n3)ccc12. The number of methoxy groups -OCH3 is 1. The van der Waals surface area contributed by atoms with Gasteiger partial charge in [-0.15, -0.1) is 0 Å². The van der Waals surface area contributed by atoms with Crippen molar-refractivity contribution in [3.05, 3.63) is 71.6 Å². The molecular formula is C28H32N6O5. The second-order valence-corrected chi connectivity index (χ2v) is 8.93. The van der Waals surface area contributed by atoms with Crippen LogP contribution in [0.3, 0.4) is 0 Å². The van der Waals surface area contributed by atoms with E-state index in [1.54, 1.807) is 39.4 Å². The number of fused-ring (bicyclic) bond motifs is 1. The average Bonchev–Trinajstić information content (AvgIpc) is 3.25. The monoisotopic (exact) mass is 532 g/mol. The van der Waals surface area contributed by atoms with Gasteiger partial charge in [0.25, 0.3) is 5.91 Å². The lowest BCUT2D eigenvalue weighted by molar-refractivity contribution is -0.117. The predicted octanol–water partition coefficient (Wildman–Crippen LogP) is 3.73. The van der Waals surface area contributed by atoms with Gasteiger partial charge in [-0.2, -0.15) is 4.98 Å². The van der Waals surface area contributed by atoms with E-state index in [1.165, 1.54) is 0 Å². The molecule has 0 saturated carbocycles. The number of carbonyl (C=O) groups excluding carboxylic acids is 2. The Morgan fingerprint density at radius 2 is 1.92 bits per heavy atom. The van der Waals surface area contributed by atoms with Crippen LogP contribution >= 0.6 is 0 Å². The molecule has 0 unspecified atom stereocenters. The maximum atomic E-state index is 12.3. The lowest BCUT2D eigenvalue weighted by Crippen LogP contribution is -2.32. The molecule has 2 aromatic heterocycles. The van der Waals surface area contributed by atoms with Crippen LogP contribution in [0.1, 0.15) is 21.7 Å². The lowest BCUT2D eigenvalue weighted by atomic mass is 10.1. The topological polar surface area (TPSA) is 131 Å². The number of nitrogens with one attached hydrogen (secondary N) is 3. The fourth-order valence-electron chi connectivity index (χ4n) is 3.98. The number of nitrogens with zero attached hydrogens (tertiary/aromatic N) is 3. The molecule has 0 aliphatic heterocycles. The van der Waals surface area contributed by atoms with Gasteiger partial charge in [0.1, 0.15) is 18.0 Å². The summed E-state index contributed by atoms with van der Waals surface area (Å²) < 4.78 is 16.7. The summed E-state index contributed by atoms with van der Waals surface area (Å²) in [4.78, 5) is 35.1. The molecule has 2 aromatic carbocycles. The van der Waals surface area contributed by atoms with Crippen molar-refractivity contribution >= 4 is 40.1 Å². The first kappa shape index (κ1) is 27.6. The fourth-order valence-corrected chi connectivity index (χ4v) is 3.98. The highest BCUT2D eigenvalue weighted by molar-refractivity contribution is 6.07. The van der Waals surface area contributed by atoms with Crippen LogP contribution in [0.15, 0.2) is 59.1 Å². The molecule has 0 spiro atoms. The van der Waals surface area contributed by atoms with Crippen molar-refractivity contribution in [2.45, 2.75) is 13.5 Å². The molecule has 2 amide bonds. The summed E-state index contributed by atoms with van der Waals surface area (Å²) in [6.07, 6.45) is 1.60. The second kappa shape index (κ2) is 12.9. The minimum Gasteiger partial charge on any atom is -0.473 e. The van der Waals surface area contributed by atoms with E-state index >= 15 is 0 Å². The van der Waals surface area contributed by atoms with Crippen molar-refractivity contribution in [3.8, 4) is 5.88 Å². The molecular weight excluding hydrogens is 500 g/mol. The number of ether oxygens (including phenoxy) is 2. The number of aromatic nitrogens is 2. The standard InChI is InChI=1S/C28H32N6O5/c1-18-26(27(36)29-2)22-9-8-19(14-23(22)39-18)17-38-25-10-11-30-28(33-25)32-21-7-5-6-20(15-21)31-24(35)16-34(3)12-13-37-4/h5-11,14-15H,12-13,16-17H2,1-4H3,(H,29,36)(H,31,35)(H,30,32,33). The summed E-state index contributed by atoms with van der Waals surface area (Å²) in [7, 11) is 5.09. The summed E-state index contributed by atoms with van der Waals surface area (Å²) in [5.41, 5.74) is 3.38. The fraction of sp³-hybridized carbons (Fsp3) is 0.286. The van der Waals surface area contributed by atoms with E-state index in [0.717, 1.165) is 10.9 Å². The van der Waals surface area contributed by atoms with Crippen LogP contribution in [0, 0.1) is 6.92 Å². The van der Waals surface area contributed by atoms with Crippen molar-refractivity contribution in [3.63, 3.8) is 0 Å². The summed E-state index contributed by atoms with van der Waals surface area (Å²) in [5.74, 6) is 0.993. The van der Waals surface area contributed by atoms with Gasteiger partial charge in [-0.3, -0.25) is 14.5 Å². The Balaban J connectivity index is 1.36. The van der Waals surface area contributed by atoms with E-state index in [-0.39, 0.29) is 25.0 Å². The van der Waals surface area contributed by atoms with E-state index in [0.29, 0.717) is 53.3 Å². The summed E-state index contributed by atoms with van der Waals surface area (Å²) in [5, 5.41) is 9.43. The number of hydrogen-bond acceptors (Lipinski definition) is 9. The number of aryl methyl sites for hydroxylation is 1. The highest BCUT2D eigenvalue weighted by Gasteiger charge is 2.17. The third-order valence-electron chi connectivity index (χ3n) is 5.89. The van der Waals surface area contributed by atoms with Gasteiger partial charge in [0, 0.05) is 49.7 Å². The molecule has 0 aliphatic carbocycles. The molecule has 11 nitrogen and oxygen atoms in total. The molecule has 0 radical (unpaired) electrons. The smallest absolute Gasteiger partial charge is 0.255 e. The van der Waals surface area contributed by atoms with Gasteiger partial charge in [0.2, 0.25) is 17.7 Å². The first-order valence-electron chi connectivity index (χ1n) is 12.4. The Kier molecular flexibility index (Phi) is 9.08. The van der Waals surface area contributed by atoms with Gasteiger partial charge in [-0.25, -0.2) is 4.98 Å². The van der Waals surface area contributed by atoms with E-state index < -0.39 is 0 Å². The van der Waals surface area contributed by atoms with Crippen LogP contribution in [0.4, 0.5) is 17.3 Å². The van der Waals surface area contributed by atoms with Crippen molar-refractivity contribution in [2.24, 2.45) is 0 Å². The van der Waals surface area contributed by atoms with Crippen LogP contribution < -0.4 is 20.7 Å². The van der Waals surface area contributed by atoms with Crippen molar-refractivity contribution in [1.29, 1.82) is 0 Å². The number of hydrogen-bond donors (Lipinski definition) is 3. The molecule has 0 atom stereocenters.